The molecule has 0 aliphatic heterocycles. The van der Waals surface area contributed by atoms with Crippen molar-refractivity contribution in [2.75, 3.05) is 0 Å². The lowest BCUT2D eigenvalue weighted by molar-refractivity contribution is 0.0958. The van der Waals surface area contributed by atoms with Crippen LogP contribution in [0.25, 0.3) is 10.9 Å². The number of nitrogens with one attached hydrogen (secondary N) is 1. The molecule has 3 heteroatoms. The van der Waals surface area contributed by atoms with Crippen molar-refractivity contribution in [3.8, 4) is 0 Å². The van der Waals surface area contributed by atoms with Crippen LogP contribution in [0.15, 0.2) is 24.4 Å². The van der Waals surface area contributed by atoms with Gasteiger partial charge >= 0.3 is 0 Å². The fourth-order valence-corrected chi connectivity index (χ4v) is 3.26. The highest BCUT2D eigenvalue weighted by atomic mass is 19.1. The van der Waals surface area contributed by atoms with Crippen molar-refractivity contribution in [1.29, 1.82) is 0 Å². The highest BCUT2D eigenvalue weighted by Crippen LogP contribution is 2.28. The van der Waals surface area contributed by atoms with Crippen molar-refractivity contribution in [2.45, 2.75) is 44.9 Å². The van der Waals surface area contributed by atoms with Gasteiger partial charge in [0, 0.05) is 29.1 Å². The lowest BCUT2D eigenvalue weighted by Crippen LogP contribution is -2.08. The van der Waals surface area contributed by atoms with Crippen LogP contribution in [0.1, 0.15) is 55.3 Å². The first-order chi connectivity index (χ1) is 9.74. The predicted octanol–water partition coefficient (Wildman–Crippen LogP) is 4.85. The quantitative estimate of drug-likeness (QED) is 0.629. The molecule has 0 unspecified atom stereocenters. The van der Waals surface area contributed by atoms with E-state index in [4.69, 9.17) is 0 Å². The van der Waals surface area contributed by atoms with Gasteiger partial charge in [0.15, 0.2) is 5.78 Å². The Morgan fingerprint density at radius 2 is 1.95 bits per heavy atom. The maximum atomic E-state index is 13.3. The van der Waals surface area contributed by atoms with E-state index in [-0.39, 0.29) is 11.6 Å². The second kappa shape index (κ2) is 5.78. The number of aromatic amines is 1. The van der Waals surface area contributed by atoms with Crippen molar-refractivity contribution >= 4 is 16.7 Å². The minimum atomic E-state index is -0.291. The fourth-order valence-electron chi connectivity index (χ4n) is 3.26. The SMILES string of the molecule is O=C(CC1CCCCCC1)c1c[nH]c2ccc(F)cc12. The first-order valence-electron chi connectivity index (χ1n) is 7.54. The Bertz CT molecular complexity index is 608. The van der Waals surface area contributed by atoms with Gasteiger partial charge in [0.2, 0.25) is 0 Å². The maximum Gasteiger partial charge on any atom is 0.165 e. The number of carbonyl (C=O) groups excluding carboxylic acids is 1. The van der Waals surface area contributed by atoms with Gasteiger partial charge in [-0.15, -0.1) is 0 Å². The third kappa shape index (κ3) is 2.77. The Morgan fingerprint density at radius 1 is 1.20 bits per heavy atom. The predicted molar refractivity (Wildman–Crippen MR) is 78.4 cm³/mol. The normalized spacial score (nSPS) is 17.2. The molecule has 20 heavy (non-hydrogen) atoms. The third-order valence-corrected chi connectivity index (χ3v) is 4.39. The van der Waals surface area contributed by atoms with Crippen LogP contribution in [0, 0.1) is 11.7 Å². The summed E-state index contributed by atoms with van der Waals surface area (Å²) in [6.45, 7) is 0. The van der Waals surface area contributed by atoms with Gasteiger partial charge < -0.3 is 4.98 Å². The molecule has 1 saturated carbocycles. The average molecular weight is 273 g/mol. The smallest absolute Gasteiger partial charge is 0.165 e. The van der Waals surface area contributed by atoms with Gasteiger partial charge in [0.05, 0.1) is 0 Å². The molecule has 1 aromatic heterocycles. The van der Waals surface area contributed by atoms with Crippen LogP contribution in [0.3, 0.4) is 0 Å². The number of fused-ring (bicyclic) bond motifs is 1. The largest absolute Gasteiger partial charge is 0.360 e. The van der Waals surface area contributed by atoms with E-state index in [9.17, 15) is 9.18 Å². The van der Waals surface area contributed by atoms with Crippen molar-refractivity contribution in [3.63, 3.8) is 0 Å². The lowest BCUT2D eigenvalue weighted by Gasteiger charge is -2.12. The topological polar surface area (TPSA) is 32.9 Å². The molecule has 1 aromatic carbocycles. The molecule has 0 amide bonds. The summed E-state index contributed by atoms with van der Waals surface area (Å²) in [4.78, 5) is 15.5. The van der Waals surface area contributed by atoms with E-state index in [2.05, 4.69) is 4.98 Å². The van der Waals surface area contributed by atoms with Crippen LogP contribution in [-0.2, 0) is 0 Å². The van der Waals surface area contributed by atoms with Crippen LogP contribution < -0.4 is 0 Å². The number of hydrogen-bond donors (Lipinski definition) is 1. The monoisotopic (exact) mass is 273 g/mol. The van der Waals surface area contributed by atoms with Crippen molar-refractivity contribution in [1.82, 2.24) is 4.98 Å². The highest BCUT2D eigenvalue weighted by Gasteiger charge is 2.19. The Morgan fingerprint density at radius 3 is 2.70 bits per heavy atom. The Labute approximate surface area is 118 Å². The van der Waals surface area contributed by atoms with Gasteiger partial charge in [-0.25, -0.2) is 4.39 Å². The second-order valence-electron chi connectivity index (χ2n) is 5.88. The number of benzene rings is 1. The molecule has 0 radical (unpaired) electrons. The molecule has 0 bridgehead atoms. The molecule has 1 heterocycles. The van der Waals surface area contributed by atoms with Crippen LogP contribution in [-0.4, -0.2) is 10.8 Å². The summed E-state index contributed by atoms with van der Waals surface area (Å²) in [7, 11) is 0. The third-order valence-electron chi connectivity index (χ3n) is 4.39. The zero-order valence-corrected chi connectivity index (χ0v) is 11.6. The number of aromatic nitrogens is 1. The van der Waals surface area contributed by atoms with Crippen molar-refractivity contribution in [2.24, 2.45) is 5.92 Å². The number of hydrogen-bond acceptors (Lipinski definition) is 1. The van der Waals surface area contributed by atoms with Gasteiger partial charge in [0.25, 0.3) is 0 Å². The van der Waals surface area contributed by atoms with Crippen LogP contribution >= 0.6 is 0 Å². The number of Topliss-reactive ketones (excluding diaryl/α,β-unsaturated/α-hetero) is 1. The molecule has 0 atom stereocenters. The Balaban J connectivity index is 1.79. The molecule has 106 valence electrons. The molecule has 0 saturated heterocycles. The molecule has 2 nitrogen and oxygen atoms in total. The van der Waals surface area contributed by atoms with Crippen LogP contribution in [0.2, 0.25) is 0 Å². The van der Waals surface area contributed by atoms with Gasteiger partial charge in [0.1, 0.15) is 5.82 Å². The number of carbonyl (C=O) groups is 1. The summed E-state index contributed by atoms with van der Waals surface area (Å²) in [5.41, 5.74) is 1.47. The van der Waals surface area contributed by atoms with E-state index in [1.807, 2.05) is 0 Å². The van der Waals surface area contributed by atoms with E-state index >= 15 is 0 Å². The molecule has 1 aliphatic carbocycles. The standard InChI is InChI=1S/C17H20FNO/c18-13-7-8-16-14(10-13)15(11-19-16)17(20)9-12-5-3-1-2-4-6-12/h7-8,10-12,19H,1-6,9H2. The number of H-pyrrole nitrogens is 1. The number of halogens is 1. The van der Waals surface area contributed by atoms with E-state index in [0.717, 1.165) is 18.4 Å². The minimum absolute atomic E-state index is 0.147. The molecule has 1 N–H and O–H groups in total. The average Bonchev–Trinajstić information content (AvgIpc) is 2.67. The van der Waals surface area contributed by atoms with Crippen molar-refractivity contribution < 1.29 is 9.18 Å². The van der Waals surface area contributed by atoms with E-state index in [0.29, 0.717) is 23.3 Å². The second-order valence-corrected chi connectivity index (χ2v) is 5.88. The first-order valence-corrected chi connectivity index (χ1v) is 7.54. The molecule has 1 aliphatic rings. The van der Waals surface area contributed by atoms with Crippen molar-refractivity contribution in [3.05, 3.63) is 35.8 Å². The number of ketones is 1. The van der Waals surface area contributed by atoms with Gasteiger partial charge in [-0.1, -0.05) is 38.5 Å². The Kier molecular flexibility index (Phi) is 3.86. The van der Waals surface area contributed by atoms with Crippen LogP contribution in [0.4, 0.5) is 4.39 Å². The number of rotatable bonds is 3. The maximum absolute atomic E-state index is 13.3. The summed E-state index contributed by atoms with van der Waals surface area (Å²) >= 11 is 0. The van der Waals surface area contributed by atoms with Gasteiger partial charge in [-0.3, -0.25) is 4.79 Å². The zero-order chi connectivity index (χ0) is 13.9. The Hall–Kier alpha value is -1.64. The zero-order valence-electron chi connectivity index (χ0n) is 11.6. The summed E-state index contributed by atoms with van der Waals surface area (Å²) in [6.07, 6.45) is 9.70. The van der Waals surface area contributed by atoms with Gasteiger partial charge in [-0.2, -0.15) is 0 Å². The highest BCUT2D eigenvalue weighted by molar-refractivity contribution is 6.07. The minimum Gasteiger partial charge on any atom is -0.360 e. The summed E-state index contributed by atoms with van der Waals surface area (Å²) in [5.74, 6) is 0.359. The fraction of sp³-hybridized carbons (Fsp3) is 0.471. The first kappa shape index (κ1) is 13.3. The van der Waals surface area contributed by atoms with E-state index in [1.54, 1.807) is 12.3 Å². The molecular weight excluding hydrogens is 253 g/mol. The molecule has 0 spiro atoms. The van der Waals surface area contributed by atoms with Gasteiger partial charge in [-0.05, 0) is 24.1 Å². The van der Waals surface area contributed by atoms with E-state index in [1.165, 1.54) is 37.8 Å². The molecule has 1 fully saturated rings. The summed E-state index contributed by atoms with van der Waals surface area (Å²) in [6, 6.07) is 4.55. The molecule has 2 aromatic rings. The lowest BCUT2D eigenvalue weighted by atomic mass is 9.92. The van der Waals surface area contributed by atoms with Crippen LogP contribution in [0.5, 0.6) is 0 Å². The molecule has 3 rings (SSSR count). The summed E-state index contributed by atoms with van der Waals surface area (Å²) < 4.78 is 13.3. The molecular formula is C17H20FNO. The van der Waals surface area contributed by atoms with E-state index < -0.39 is 0 Å². The summed E-state index contributed by atoms with van der Waals surface area (Å²) in [5, 5.41) is 0.712.